The maximum Gasteiger partial charge on any atom is 0.305 e. The van der Waals surface area contributed by atoms with Gasteiger partial charge in [0.05, 0.1) is 7.11 Å². The van der Waals surface area contributed by atoms with Gasteiger partial charge in [0.2, 0.25) is 0 Å². The third kappa shape index (κ3) is 2.94. The van der Waals surface area contributed by atoms with Gasteiger partial charge in [-0.3, -0.25) is 4.79 Å². The van der Waals surface area contributed by atoms with Crippen LogP contribution in [0.5, 0.6) is 0 Å². The van der Waals surface area contributed by atoms with Gasteiger partial charge >= 0.3 is 5.97 Å². The lowest BCUT2D eigenvalue weighted by Gasteiger charge is -2.06. The summed E-state index contributed by atoms with van der Waals surface area (Å²) in [6.45, 7) is 2.12. The highest BCUT2D eigenvalue weighted by atomic mass is 127. The topological polar surface area (TPSA) is 29.5 Å². The lowest BCUT2D eigenvalue weighted by molar-refractivity contribution is -0.141. The molecule has 1 fully saturated rings. The van der Waals surface area contributed by atoms with Gasteiger partial charge in [-0.05, 0) is 12.3 Å². The first-order valence-electron chi connectivity index (χ1n) is 3.70. The maximum absolute atomic E-state index is 10.8. The van der Waals surface area contributed by atoms with Crippen molar-refractivity contribution in [1.29, 1.82) is 0 Å². The van der Waals surface area contributed by atoms with Crippen molar-refractivity contribution < 1.29 is 9.53 Å². The van der Waals surface area contributed by atoms with Crippen LogP contribution in [0.15, 0.2) is 0 Å². The highest BCUT2D eigenvalue weighted by Crippen LogP contribution is 2.22. The molecule has 1 aliphatic heterocycles. The largest absolute Gasteiger partial charge is 0.469 e. The van der Waals surface area contributed by atoms with Gasteiger partial charge in [-0.25, -0.2) is 3.11 Å². The first-order valence-corrected chi connectivity index (χ1v) is 4.66. The van der Waals surface area contributed by atoms with Gasteiger partial charge < -0.3 is 4.74 Å². The van der Waals surface area contributed by atoms with Crippen LogP contribution in [-0.4, -0.2) is 29.3 Å². The predicted molar refractivity (Wildman–Crippen MR) is 50.3 cm³/mol. The standard InChI is InChI=1S/C7H12INO2/c1-11-7(10)4-6-2-3-9(8)5-6/h6H,2-5H2,1H3. The monoisotopic (exact) mass is 269 g/mol. The molecular formula is C7H12INO2. The lowest BCUT2D eigenvalue weighted by Crippen LogP contribution is -2.12. The predicted octanol–water partition coefficient (Wildman–Crippen LogP) is 1.22. The Morgan fingerprint density at radius 2 is 2.55 bits per heavy atom. The minimum absolute atomic E-state index is 0.0818. The Morgan fingerprint density at radius 3 is 3.00 bits per heavy atom. The fourth-order valence-corrected chi connectivity index (χ4v) is 2.11. The van der Waals surface area contributed by atoms with Crippen molar-refractivity contribution in [1.82, 2.24) is 3.11 Å². The van der Waals surface area contributed by atoms with E-state index in [2.05, 4.69) is 30.7 Å². The highest BCUT2D eigenvalue weighted by Gasteiger charge is 2.22. The third-order valence-corrected chi connectivity index (χ3v) is 2.80. The van der Waals surface area contributed by atoms with Gasteiger partial charge in [-0.2, -0.15) is 0 Å². The minimum atomic E-state index is -0.0818. The lowest BCUT2D eigenvalue weighted by atomic mass is 10.1. The molecule has 1 rings (SSSR count). The second-order valence-corrected chi connectivity index (χ2v) is 4.17. The van der Waals surface area contributed by atoms with Crippen molar-refractivity contribution in [3.63, 3.8) is 0 Å². The molecule has 0 radical (unpaired) electrons. The molecule has 3 nitrogen and oxygen atoms in total. The SMILES string of the molecule is COC(=O)CC1CCN(I)C1. The van der Waals surface area contributed by atoms with Crippen LogP contribution in [0.2, 0.25) is 0 Å². The molecule has 0 spiro atoms. The summed E-state index contributed by atoms with van der Waals surface area (Å²) in [5.41, 5.74) is 0. The fraction of sp³-hybridized carbons (Fsp3) is 0.857. The number of methoxy groups -OCH3 is 1. The Hall–Kier alpha value is 0.160. The van der Waals surface area contributed by atoms with Crippen molar-refractivity contribution in [3.8, 4) is 0 Å². The number of esters is 1. The highest BCUT2D eigenvalue weighted by molar-refractivity contribution is 14.1. The number of nitrogens with zero attached hydrogens (tertiary/aromatic N) is 1. The zero-order chi connectivity index (χ0) is 8.27. The number of hydrogen-bond donors (Lipinski definition) is 0. The van der Waals surface area contributed by atoms with Gasteiger partial charge in [0.15, 0.2) is 0 Å². The van der Waals surface area contributed by atoms with Crippen LogP contribution in [0.1, 0.15) is 12.8 Å². The van der Waals surface area contributed by atoms with Gasteiger partial charge in [0.1, 0.15) is 0 Å². The summed E-state index contributed by atoms with van der Waals surface area (Å²) in [4.78, 5) is 10.8. The van der Waals surface area contributed by atoms with Crippen LogP contribution >= 0.6 is 22.9 Å². The molecule has 1 heterocycles. The molecule has 0 saturated carbocycles. The van der Waals surface area contributed by atoms with Crippen molar-refractivity contribution in [3.05, 3.63) is 0 Å². The Bertz CT molecular complexity index is 151. The van der Waals surface area contributed by atoms with Crippen LogP contribution in [0.25, 0.3) is 0 Å². The van der Waals surface area contributed by atoms with E-state index >= 15 is 0 Å². The number of rotatable bonds is 2. The normalized spacial score (nSPS) is 25.5. The number of carbonyl (C=O) groups excluding carboxylic acids is 1. The van der Waals surface area contributed by atoms with E-state index in [1.807, 2.05) is 0 Å². The number of hydrogen-bond acceptors (Lipinski definition) is 3. The molecule has 0 aliphatic carbocycles. The molecule has 64 valence electrons. The maximum atomic E-state index is 10.8. The van der Waals surface area contributed by atoms with E-state index in [1.54, 1.807) is 0 Å². The van der Waals surface area contributed by atoms with Crippen LogP contribution in [-0.2, 0) is 9.53 Å². The number of halogens is 1. The van der Waals surface area contributed by atoms with E-state index in [9.17, 15) is 4.79 Å². The summed E-state index contributed by atoms with van der Waals surface area (Å²) in [5.74, 6) is 0.432. The number of ether oxygens (including phenoxy) is 1. The van der Waals surface area contributed by atoms with Gasteiger partial charge in [-0.1, -0.05) is 0 Å². The molecule has 11 heavy (non-hydrogen) atoms. The Labute approximate surface area is 80.6 Å². The molecule has 0 N–H and O–H groups in total. The molecule has 0 aromatic rings. The van der Waals surface area contributed by atoms with Crippen LogP contribution < -0.4 is 0 Å². The zero-order valence-electron chi connectivity index (χ0n) is 6.55. The molecule has 1 saturated heterocycles. The molecular weight excluding hydrogens is 257 g/mol. The molecule has 4 heteroatoms. The molecule has 1 unspecified atom stereocenters. The summed E-state index contributed by atoms with van der Waals surface area (Å²) >= 11 is 2.29. The Kier molecular flexibility index (Phi) is 3.58. The molecule has 1 aliphatic rings. The molecule has 0 aromatic carbocycles. The van der Waals surface area contributed by atoms with Crippen molar-refractivity contribution >= 4 is 28.8 Å². The molecule has 0 aromatic heterocycles. The fourth-order valence-electron chi connectivity index (χ4n) is 1.27. The molecule has 0 amide bonds. The first kappa shape index (κ1) is 9.25. The van der Waals surface area contributed by atoms with Crippen LogP contribution in [0.3, 0.4) is 0 Å². The van der Waals surface area contributed by atoms with Gasteiger partial charge in [0, 0.05) is 42.4 Å². The summed E-state index contributed by atoms with van der Waals surface area (Å²) in [6, 6.07) is 0. The van der Waals surface area contributed by atoms with E-state index in [0.717, 1.165) is 19.5 Å². The second-order valence-electron chi connectivity index (χ2n) is 2.80. The third-order valence-electron chi connectivity index (χ3n) is 1.92. The van der Waals surface area contributed by atoms with Gasteiger partial charge in [0.25, 0.3) is 0 Å². The van der Waals surface area contributed by atoms with Crippen LogP contribution in [0, 0.1) is 5.92 Å². The van der Waals surface area contributed by atoms with Crippen molar-refractivity contribution in [2.45, 2.75) is 12.8 Å². The van der Waals surface area contributed by atoms with E-state index < -0.39 is 0 Å². The Morgan fingerprint density at radius 1 is 1.82 bits per heavy atom. The summed E-state index contributed by atoms with van der Waals surface area (Å²) < 4.78 is 6.80. The van der Waals surface area contributed by atoms with Crippen LogP contribution in [0.4, 0.5) is 0 Å². The summed E-state index contributed by atoms with van der Waals surface area (Å²) in [7, 11) is 1.44. The molecule has 0 bridgehead atoms. The zero-order valence-corrected chi connectivity index (χ0v) is 8.70. The van der Waals surface area contributed by atoms with E-state index in [0.29, 0.717) is 12.3 Å². The number of carbonyl (C=O) groups is 1. The van der Waals surface area contributed by atoms with Crippen molar-refractivity contribution in [2.24, 2.45) is 5.92 Å². The molecule has 1 atom stereocenters. The van der Waals surface area contributed by atoms with E-state index in [-0.39, 0.29) is 5.97 Å². The second kappa shape index (κ2) is 4.25. The average molecular weight is 269 g/mol. The quantitative estimate of drug-likeness (QED) is 0.429. The van der Waals surface area contributed by atoms with E-state index in [4.69, 9.17) is 0 Å². The Balaban J connectivity index is 2.23. The first-order chi connectivity index (χ1) is 5.22. The summed E-state index contributed by atoms with van der Waals surface area (Å²) in [5, 5.41) is 0. The summed E-state index contributed by atoms with van der Waals surface area (Å²) in [6.07, 6.45) is 1.70. The minimum Gasteiger partial charge on any atom is -0.469 e. The van der Waals surface area contributed by atoms with Gasteiger partial charge in [-0.15, -0.1) is 0 Å². The average Bonchev–Trinajstić information content (AvgIpc) is 2.35. The van der Waals surface area contributed by atoms with E-state index in [1.165, 1.54) is 7.11 Å². The smallest absolute Gasteiger partial charge is 0.305 e. The van der Waals surface area contributed by atoms with Crippen molar-refractivity contribution in [2.75, 3.05) is 20.2 Å².